The predicted octanol–water partition coefficient (Wildman–Crippen LogP) is 2.12. The first-order valence-electron chi connectivity index (χ1n) is 9.56. The molecule has 0 radical (unpaired) electrons. The van der Waals surface area contributed by atoms with Gasteiger partial charge in [-0.05, 0) is 31.4 Å². The maximum absolute atomic E-state index is 13.1. The first kappa shape index (κ1) is 18.3. The largest absolute Gasteiger partial charge is 0.453 e. The summed E-state index contributed by atoms with van der Waals surface area (Å²) in [6.45, 7) is 3.44. The average molecular weight is 408 g/mol. The van der Waals surface area contributed by atoms with Crippen LogP contribution < -0.4 is 4.90 Å². The van der Waals surface area contributed by atoms with Gasteiger partial charge in [-0.1, -0.05) is 0 Å². The van der Waals surface area contributed by atoms with E-state index in [1.165, 1.54) is 6.07 Å². The molecule has 12 heteroatoms. The Morgan fingerprint density at radius 2 is 1.86 bits per heavy atom. The van der Waals surface area contributed by atoms with Crippen LogP contribution >= 0.6 is 0 Å². The molecule has 2 aliphatic rings. The molecule has 0 bridgehead atoms. The first-order valence-corrected chi connectivity index (χ1v) is 9.56. The quantitative estimate of drug-likeness (QED) is 0.649. The topological polar surface area (TPSA) is 88.5 Å². The molecule has 3 aromatic rings. The Kier molecular flexibility index (Phi) is 4.37. The van der Waals surface area contributed by atoms with Crippen LogP contribution in [0.2, 0.25) is 0 Å². The number of halogens is 3. The zero-order valence-electron chi connectivity index (χ0n) is 15.5. The highest BCUT2D eigenvalue weighted by Crippen LogP contribution is 2.39. The summed E-state index contributed by atoms with van der Waals surface area (Å²) in [5, 5.41) is 19.2. The van der Waals surface area contributed by atoms with Crippen molar-refractivity contribution >= 4 is 11.5 Å². The summed E-state index contributed by atoms with van der Waals surface area (Å²) in [6, 6.07) is 3.19. The summed E-state index contributed by atoms with van der Waals surface area (Å²) in [5.41, 5.74) is 0.0698. The molecule has 1 aliphatic carbocycles. The summed E-state index contributed by atoms with van der Waals surface area (Å²) in [4.78, 5) is 4.19. The number of nitrogens with zero attached hydrogens (tertiary/aromatic N) is 8. The Hall–Kier alpha value is -2.76. The van der Waals surface area contributed by atoms with Crippen molar-refractivity contribution in [3.05, 3.63) is 29.7 Å². The van der Waals surface area contributed by atoms with Crippen molar-refractivity contribution in [3.8, 4) is 0 Å². The fraction of sp³-hybridized carbons (Fsp3) is 0.588. The van der Waals surface area contributed by atoms with E-state index in [9.17, 15) is 13.2 Å². The standard InChI is InChI=1S/C17H19F3N8O/c18-17(19,20)16-24-21-12-4-5-13(25-28(12)16)27-7-1-6-26(8-9-27)10-14-22-23-15(29-14)11-2-3-11/h4-5,11H,1-3,6-10H2. The van der Waals surface area contributed by atoms with Crippen molar-refractivity contribution in [1.82, 2.24) is 34.9 Å². The average Bonchev–Trinajstić information content (AvgIpc) is 3.34. The normalized spacial score (nSPS) is 19.1. The highest BCUT2D eigenvalue weighted by molar-refractivity contribution is 5.46. The van der Waals surface area contributed by atoms with Gasteiger partial charge in [-0.2, -0.15) is 17.7 Å². The van der Waals surface area contributed by atoms with Crippen LogP contribution in [-0.4, -0.2) is 61.1 Å². The number of fused-ring (bicyclic) bond motifs is 1. The molecular formula is C17H19F3N8O. The van der Waals surface area contributed by atoms with Crippen LogP contribution in [0.25, 0.3) is 5.65 Å². The molecule has 4 heterocycles. The third-order valence-electron chi connectivity index (χ3n) is 5.18. The lowest BCUT2D eigenvalue weighted by molar-refractivity contribution is -0.146. The van der Waals surface area contributed by atoms with E-state index in [1.54, 1.807) is 6.07 Å². The second-order valence-electron chi connectivity index (χ2n) is 7.41. The number of alkyl halides is 3. The van der Waals surface area contributed by atoms with Crippen LogP contribution in [0.4, 0.5) is 19.0 Å². The molecule has 2 fully saturated rings. The smallest absolute Gasteiger partial charge is 0.424 e. The van der Waals surface area contributed by atoms with Crippen LogP contribution in [0.1, 0.15) is 42.8 Å². The predicted molar refractivity (Wildman–Crippen MR) is 94.2 cm³/mol. The van der Waals surface area contributed by atoms with Crippen LogP contribution in [0.15, 0.2) is 16.5 Å². The van der Waals surface area contributed by atoms with Crippen LogP contribution in [0, 0.1) is 0 Å². The number of rotatable bonds is 4. The van der Waals surface area contributed by atoms with Crippen LogP contribution in [0.5, 0.6) is 0 Å². The van der Waals surface area contributed by atoms with Gasteiger partial charge in [-0.3, -0.25) is 4.90 Å². The summed E-state index contributed by atoms with van der Waals surface area (Å²) in [7, 11) is 0. The molecule has 0 atom stereocenters. The van der Waals surface area contributed by atoms with E-state index >= 15 is 0 Å². The molecule has 1 saturated carbocycles. The number of anilines is 1. The molecule has 0 amide bonds. The van der Waals surface area contributed by atoms with Crippen molar-refractivity contribution in [3.63, 3.8) is 0 Å². The molecule has 0 aromatic carbocycles. The summed E-state index contributed by atoms with van der Waals surface area (Å²) >= 11 is 0. The van der Waals surface area contributed by atoms with Gasteiger partial charge in [0.2, 0.25) is 11.8 Å². The van der Waals surface area contributed by atoms with Crippen molar-refractivity contribution < 1.29 is 17.6 Å². The second kappa shape index (κ2) is 6.94. The summed E-state index contributed by atoms with van der Waals surface area (Å²) in [5.74, 6) is 1.12. The molecule has 1 saturated heterocycles. The fourth-order valence-corrected chi connectivity index (χ4v) is 3.50. The van der Waals surface area contributed by atoms with E-state index in [-0.39, 0.29) is 5.65 Å². The lowest BCUT2D eigenvalue weighted by atomic mass is 10.3. The van der Waals surface area contributed by atoms with Gasteiger partial charge in [0.1, 0.15) is 5.82 Å². The minimum Gasteiger partial charge on any atom is -0.424 e. The van der Waals surface area contributed by atoms with Crippen molar-refractivity contribution in [2.45, 2.75) is 37.9 Å². The highest BCUT2D eigenvalue weighted by atomic mass is 19.4. The Bertz CT molecular complexity index is 1010. The van der Waals surface area contributed by atoms with Crippen molar-refractivity contribution in [2.24, 2.45) is 0 Å². The molecule has 0 spiro atoms. The number of aromatic nitrogens is 6. The Balaban J connectivity index is 1.28. The molecule has 154 valence electrons. The van der Waals surface area contributed by atoms with E-state index < -0.39 is 12.0 Å². The van der Waals surface area contributed by atoms with Crippen molar-refractivity contribution in [2.75, 3.05) is 31.1 Å². The third kappa shape index (κ3) is 3.76. The molecule has 3 aromatic heterocycles. The molecule has 0 N–H and O–H groups in total. The van der Waals surface area contributed by atoms with Gasteiger partial charge >= 0.3 is 6.18 Å². The van der Waals surface area contributed by atoms with E-state index in [2.05, 4.69) is 30.4 Å². The summed E-state index contributed by atoms with van der Waals surface area (Å²) < 4.78 is 45.8. The fourth-order valence-electron chi connectivity index (χ4n) is 3.50. The van der Waals surface area contributed by atoms with E-state index in [0.717, 1.165) is 42.8 Å². The van der Waals surface area contributed by atoms with Gasteiger partial charge in [0.15, 0.2) is 5.65 Å². The lowest BCUT2D eigenvalue weighted by Crippen LogP contribution is -2.31. The lowest BCUT2D eigenvalue weighted by Gasteiger charge is -2.22. The second-order valence-corrected chi connectivity index (χ2v) is 7.41. The third-order valence-corrected chi connectivity index (χ3v) is 5.18. The molecule has 9 nitrogen and oxygen atoms in total. The zero-order chi connectivity index (χ0) is 20.0. The van der Waals surface area contributed by atoms with E-state index in [1.807, 2.05) is 4.90 Å². The minimum atomic E-state index is -4.61. The Morgan fingerprint density at radius 3 is 2.66 bits per heavy atom. The first-order chi connectivity index (χ1) is 14.0. The SMILES string of the molecule is FC(F)(F)c1nnc2ccc(N3CCCN(Cc4nnc(C5CC5)o4)CC3)nn12. The van der Waals surface area contributed by atoms with Gasteiger partial charge in [-0.15, -0.1) is 25.5 Å². The van der Waals surface area contributed by atoms with Gasteiger partial charge in [0.25, 0.3) is 5.82 Å². The molecular weight excluding hydrogens is 389 g/mol. The molecule has 1 aliphatic heterocycles. The monoisotopic (exact) mass is 408 g/mol. The number of hydrogen-bond acceptors (Lipinski definition) is 8. The van der Waals surface area contributed by atoms with Gasteiger partial charge in [0.05, 0.1) is 6.54 Å². The highest BCUT2D eigenvalue weighted by Gasteiger charge is 2.38. The van der Waals surface area contributed by atoms with Crippen LogP contribution in [0.3, 0.4) is 0 Å². The van der Waals surface area contributed by atoms with E-state index in [0.29, 0.717) is 37.3 Å². The molecule has 5 rings (SSSR count). The van der Waals surface area contributed by atoms with Crippen molar-refractivity contribution in [1.29, 1.82) is 0 Å². The van der Waals surface area contributed by atoms with E-state index in [4.69, 9.17) is 4.42 Å². The summed E-state index contributed by atoms with van der Waals surface area (Å²) in [6.07, 6.45) is -1.54. The molecule has 0 unspecified atom stereocenters. The Labute approximate surface area is 163 Å². The van der Waals surface area contributed by atoms with Gasteiger partial charge < -0.3 is 9.32 Å². The molecule has 29 heavy (non-hydrogen) atoms. The number of hydrogen-bond donors (Lipinski definition) is 0. The maximum atomic E-state index is 13.1. The maximum Gasteiger partial charge on any atom is 0.453 e. The Morgan fingerprint density at radius 1 is 1.00 bits per heavy atom. The van der Waals surface area contributed by atoms with Gasteiger partial charge in [0, 0.05) is 32.1 Å². The zero-order valence-corrected chi connectivity index (χ0v) is 15.5. The minimum absolute atomic E-state index is 0.0698. The van der Waals surface area contributed by atoms with Crippen LogP contribution in [-0.2, 0) is 12.7 Å². The van der Waals surface area contributed by atoms with Gasteiger partial charge in [-0.25, -0.2) is 0 Å².